The van der Waals surface area contributed by atoms with E-state index in [2.05, 4.69) is 33.7 Å². The highest BCUT2D eigenvalue weighted by Crippen LogP contribution is 2.17. The van der Waals surface area contributed by atoms with Gasteiger partial charge in [-0.1, -0.05) is 24.3 Å². The van der Waals surface area contributed by atoms with Crippen molar-refractivity contribution >= 4 is 11.8 Å². The molecule has 6 heteroatoms. The predicted molar refractivity (Wildman–Crippen MR) is 97.2 cm³/mol. The van der Waals surface area contributed by atoms with Crippen molar-refractivity contribution in [1.82, 2.24) is 15.5 Å². The molecule has 5 nitrogen and oxygen atoms in total. The van der Waals surface area contributed by atoms with Crippen LogP contribution >= 0.6 is 0 Å². The molecule has 0 spiro atoms. The Hall–Kier alpha value is -2.73. The van der Waals surface area contributed by atoms with Gasteiger partial charge in [0.1, 0.15) is 5.82 Å². The van der Waals surface area contributed by atoms with Crippen LogP contribution in [0.15, 0.2) is 48.5 Å². The molecular formula is C20H22FN3O2. The van der Waals surface area contributed by atoms with Gasteiger partial charge in [-0.05, 0) is 41.8 Å². The van der Waals surface area contributed by atoms with Crippen molar-refractivity contribution in [3.63, 3.8) is 0 Å². The van der Waals surface area contributed by atoms with Crippen molar-refractivity contribution in [2.45, 2.75) is 13.0 Å². The summed E-state index contributed by atoms with van der Waals surface area (Å²) in [5.41, 5.74) is 3.07. The van der Waals surface area contributed by atoms with Crippen LogP contribution in [0.5, 0.6) is 0 Å². The lowest BCUT2D eigenvalue weighted by Gasteiger charge is -2.28. The molecule has 1 heterocycles. The fourth-order valence-electron chi connectivity index (χ4n) is 3.02. The van der Waals surface area contributed by atoms with Gasteiger partial charge in [0, 0.05) is 31.7 Å². The maximum absolute atomic E-state index is 12.8. The maximum atomic E-state index is 12.8. The van der Waals surface area contributed by atoms with E-state index in [1.807, 2.05) is 6.07 Å². The molecule has 26 heavy (non-hydrogen) atoms. The van der Waals surface area contributed by atoms with E-state index in [4.69, 9.17) is 0 Å². The minimum atomic E-state index is -0.403. The molecule has 2 aromatic carbocycles. The second kappa shape index (κ2) is 8.58. The zero-order valence-corrected chi connectivity index (χ0v) is 14.5. The lowest BCUT2D eigenvalue weighted by Crippen LogP contribution is -2.41. The van der Waals surface area contributed by atoms with Gasteiger partial charge in [-0.25, -0.2) is 4.39 Å². The lowest BCUT2D eigenvalue weighted by molar-refractivity contribution is -0.120. The van der Waals surface area contributed by atoms with Crippen LogP contribution in [0, 0.1) is 5.82 Å². The Morgan fingerprint density at radius 2 is 1.73 bits per heavy atom. The third-order valence-electron chi connectivity index (χ3n) is 4.48. The van der Waals surface area contributed by atoms with Crippen LogP contribution in [0.4, 0.5) is 4.39 Å². The normalized spacial score (nSPS) is 13.7. The van der Waals surface area contributed by atoms with E-state index in [0.717, 1.165) is 26.1 Å². The van der Waals surface area contributed by atoms with Crippen LogP contribution in [0.25, 0.3) is 0 Å². The lowest BCUT2D eigenvalue weighted by atomic mass is 10.00. The monoisotopic (exact) mass is 355 g/mol. The average Bonchev–Trinajstić information content (AvgIpc) is 2.66. The van der Waals surface area contributed by atoms with E-state index in [0.29, 0.717) is 12.1 Å². The number of halogens is 1. The fourth-order valence-corrected chi connectivity index (χ4v) is 3.02. The summed E-state index contributed by atoms with van der Waals surface area (Å²) in [6, 6.07) is 13.6. The Balaban J connectivity index is 1.36. The number of amides is 2. The number of hydrogen-bond donors (Lipinski definition) is 2. The first-order chi connectivity index (χ1) is 12.6. The van der Waals surface area contributed by atoms with Crippen molar-refractivity contribution in [2.24, 2.45) is 0 Å². The van der Waals surface area contributed by atoms with Gasteiger partial charge in [-0.3, -0.25) is 14.5 Å². The van der Waals surface area contributed by atoms with Gasteiger partial charge in [-0.15, -0.1) is 0 Å². The van der Waals surface area contributed by atoms with E-state index in [9.17, 15) is 14.0 Å². The molecule has 2 aromatic rings. The number of nitrogens with one attached hydrogen (secondary N) is 2. The van der Waals surface area contributed by atoms with E-state index < -0.39 is 11.7 Å². The molecule has 0 radical (unpaired) electrons. The van der Waals surface area contributed by atoms with Gasteiger partial charge in [0.15, 0.2) is 0 Å². The summed E-state index contributed by atoms with van der Waals surface area (Å²) in [6.45, 7) is 3.08. The molecule has 136 valence electrons. The zero-order valence-electron chi connectivity index (χ0n) is 14.5. The number of rotatable bonds is 6. The van der Waals surface area contributed by atoms with Crippen molar-refractivity contribution in [1.29, 1.82) is 0 Å². The molecule has 0 saturated carbocycles. The summed E-state index contributed by atoms with van der Waals surface area (Å²) >= 11 is 0. The van der Waals surface area contributed by atoms with Gasteiger partial charge in [-0.2, -0.15) is 0 Å². The first-order valence-electron chi connectivity index (χ1n) is 8.71. The summed E-state index contributed by atoms with van der Waals surface area (Å²) in [5, 5.41) is 5.35. The summed E-state index contributed by atoms with van der Waals surface area (Å²) in [5.74, 6) is -1.04. The number of benzene rings is 2. The Bertz CT molecular complexity index is 777. The molecule has 2 amide bonds. The highest BCUT2D eigenvalue weighted by molar-refractivity contribution is 5.96. The van der Waals surface area contributed by atoms with Crippen LogP contribution in [0.2, 0.25) is 0 Å². The average molecular weight is 355 g/mol. The van der Waals surface area contributed by atoms with Crippen LogP contribution in [-0.2, 0) is 17.8 Å². The molecule has 2 N–H and O–H groups in total. The first kappa shape index (κ1) is 18.1. The maximum Gasteiger partial charge on any atom is 0.251 e. The Morgan fingerprint density at radius 1 is 1.00 bits per heavy atom. The van der Waals surface area contributed by atoms with E-state index >= 15 is 0 Å². The third kappa shape index (κ3) is 4.89. The molecular weight excluding hydrogens is 333 g/mol. The number of nitrogens with zero attached hydrogens (tertiary/aromatic N) is 1. The molecule has 0 unspecified atom stereocenters. The quantitative estimate of drug-likeness (QED) is 0.830. The Labute approximate surface area is 152 Å². The molecule has 0 atom stereocenters. The van der Waals surface area contributed by atoms with Gasteiger partial charge in [0.2, 0.25) is 5.91 Å². The molecule has 0 aromatic heterocycles. The SMILES string of the molecule is O=C(CNC(=O)c1ccc(F)cc1)NCCN1CCc2ccccc2C1. The minimum Gasteiger partial charge on any atom is -0.353 e. The van der Waals surface area contributed by atoms with Crippen molar-refractivity contribution < 1.29 is 14.0 Å². The largest absolute Gasteiger partial charge is 0.353 e. The fraction of sp³-hybridized carbons (Fsp3) is 0.300. The Kier molecular flexibility index (Phi) is 5.96. The second-order valence-electron chi connectivity index (χ2n) is 6.33. The number of carbonyl (C=O) groups excluding carboxylic acids is 2. The summed E-state index contributed by atoms with van der Waals surface area (Å²) in [6.07, 6.45) is 1.03. The topological polar surface area (TPSA) is 61.4 Å². The first-order valence-corrected chi connectivity index (χ1v) is 8.71. The van der Waals surface area contributed by atoms with Gasteiger partial charge < -0.3 is 10.6 Å². The summed E-state index contributed by atoms with van der Waals surface area (Å²) in [4.78, 5) is 26.1. The minimum absolute atomic E-state index is 0.0982. The molecule has 1 aliphatic heterocycles. The number of carbonyl (C=O) groups is 2. The molecule has 0 aliphatic carbocycles. The Morgan fingerprint density at radius 3 is 2.50 bits per heavy atom. The van der Waals surface area contributed by atoms with Crippen molar-refractivity contribution in [3.8, 4) is 0 Å². The molecule has 0 saturated heterocycles. The van der Waals surface area contributed by atoms with Crippen molar-refractivity contribution in [3.05, 3.63) is 71.0 Å². The zero-order chi connectivity index (χ0) is 18.4. The predicted octanol–water partition coefficient (Wildman–Crippen LogP) is 1.73. The smallest absolute Gasteiger partial charge is 0.251 e. The standard InChI is InChI=1S/C20H22FN3O2/c21-18-7-5-16(6-8-18)20(26)23-13-19(25)22-10-12-24-11-9-15-3-1-2-4-17(15)14-24/h1-8H,9-14H2,(H,22,25)(H,23,26). The van der Waals surface area contributed by atoms with E-state index in [1.54, 1.807) is 0 Å². The second-order valence-corrected chi connectivity index (χ2v) is 6.33. The number of hydrogen-bond acceptors (Lipinski definition) is 3. The third-order valence-corrected chi connectivity index (χ3v) is 4.48. The van der Waals surface area contributed by atoms with Crippen LogP contribution in [0.3, 0.4) is 0 Å². The molecule has 0 fully saturated rings. The van der Waals surface area contributed by atoms with E-state index in [-0.39, 0.29) is 12.5 Å². The highest BCUT2D eigenvalue weighted by Gasteiger charge is 2.15. The van der Waals surface area contributed by atoms with Gasteiger partial charge >= 0.3 is 0 Å². The van der Waals surface area contributed by atoms with Crippen LogP contribution in [-0.4, -0.2) is 42.9 Å². The van der Waals surface area contributed by atoms with Crippen LogP contribution < -0.4 is 10.6 Å². The summed E-state index contributed by atoms with van der Waals surface area (Å²) in [7, 11) is 0. The van der Waals surface area contributed by atoms with E-state index in [1.165, 1.54) is 35.4 Å². The molecule has 1 aliphatic rings. The summed E-state index contributed by atoms with van der Waals surface area (Å²) < 4.78 is 12.8. The van der Waals surface area contributed by atoms with Crippen LogP contribution in [0.1, 0.15) is 21.5 Å². The molecule has 3 rings (SSSR count). The molecule has 0 bridgehead atoms. The highest BCUT2D eigenvalue weighted by atomic mass is 19.1. The number of fused-ring (bicyclic) bond motifs is 1. The van der Waals surface area contributed by atoms with Gasteiger partial charge in [0.25, 0.3) is 5.91 Å². The van der Waals surface area contributed by atoms with Crippen molar-refractivity contribution in [2.75, 3.05) is 26.2 Å². The van der Waals surface area contributed by atoms with Gasteiger partial charge in [0.05, 0.1) is 6.54 Å².